The molecule has 0 N–H and O–H groups in total. The Hall–Kier alpha value is -1.78. The fourth-order valence-electron chi connectivity index (χ4n) is 2.15. The maximum Gasteiger partial charge on any atom is 0.196 e. The number of halogens is 3. The third kappa shape index (κ3) is 2.45. The van der Waals surface area contributed by atoms with E-state index in [0.29, 0.717) is 20.9 Å². The van der Waals surface area contributed by atoms with E-state index in [0.717, 1.165) is 0 Å². The first-order valence-electron chi connectivity index (χ1n) is 6.11. The van der Waals surface area contributed by atoms with Gasteiger partial charge in [-0.05, 0) is 40.2 Å². The summed E-state index contributed by atoms with van der Waals surface area (Å²) >= 11 is 8.98. The quantitative estimate of drug-likeness (QED) is 0.472. The first kappa shape index (κ1) is 14.2. The molecule has 0 spiro atoms. The van der Waals surface area contributed by atoms with Crippen molar-refractivity contribution in [2.75, 3.05) is 0 Å². The Morgan fingerprint density at radius 3 is 2.71 bits per heavy atom. The van der Waals surface area contributed by atoms with E-state index in [4.69, 9.17) is 11.6 Å². The lowest BCUT2D eigenvalue weighted by Gasteiger charge is -2.08. The zero-order valence-electron chi connectivity index (χ0n) is 10.6. The Bertz CT molecular complexity index is 861. The monoisotopic (exact) mass is 363 g/mol. The molecule has 0 saturated heterocycles. The van der Waals surface area contributed by atoms with E-state index in [-0.39, 0.29) is 10.6 Å². The number of ketones is 1. The Morgan fingerprint density at radius 2 is 1.90 bits per heavy atom. The smallest absolute Gasteiger partial charge is 0.196 e. The predicted molar refractivity (Wildman–Crippen MR) is 84.3 cm³/mol. The fourth-order valence-corrected chi connectivity index (χ4v) is 2.62. The molecule has 3 rings (SSSR count). The zero-order valence-corrected chi connectivity index (χ0v) is 13.0. The van der Waals surface area contributed by atoms with Gasteiger partial charge in [-0.2, -0.15) is 0 Å². The third-order valence-electron chi connectivity index (χ3n) is 3.17. The van der Waals surface area contributed by atoms with Gasteiger partial charge in [0.25, 0.3) is 0 Å². The van der Waals surface area contributed by atoms with Crippen LogP contribution < -0.4 is 0 Å². The number of nitrogens with zero attached hydrogens (tertiary/aromatic N) is 1. The second-order valence-electron chi connectivity index (χ2n) is 4.43. The molecule has 5 heteroatoms. The van der Waals surface area contributed by atoms with E-state index >= 15 is 0 Å². The van der Waals surface area contributed by atoms with Crippen LogP contribution >= 0.6 is 27.5 Å². The maximum absolute atomic E-state index is 14.2. The minimum Gasteiger partial charge on any atom is -0.288 e. The van der Waals surface area contributed by atoms with Crippen LogP contribution in [-0.2, 0) is 0 Å². The van der Waals surface area contributed by atoms with E-state index in [1.807, 2.05) is 0 Å². The SMILES string of the molecule is O=C(c1ccc(Br)c(Cl)c1F)c1cccc2ncccc12. The normalized spacial score (nSPS) is 10.8. The van der Waals surface area contributed by atoms with Crippen molar-refractivity contribution in [3.05, 3.63) is 75.1 Å². The summed E-state index contributed by atoms with van der Waals surface area (Å²) in [4.78, 5) is 16.8. The van der Waals surface area contributed by atoms with Crippen molar-refractivity contribution in [3.8, 4) is 0 Å². The molecule has 3 aromatic rings. The molecule has 0 aliphatic rings. The van der Waals surface area contributed by atoms with Crippen LogP contribution in [0.4, 0.5) is 4.39 Å². The molecule has 0 amide bonds. The summed E-state index contributed by atoms with van der Waals surface area (Å²) in [7, 11) is 0. The molecule has 0 unspecified atom stereocenters. The molecule has 0 fully saturated rings. The molecule has 0 radical (unpaired) electrons. The molecular formula is C16H8BrClFNO. The standard InChI is InChI=1S/C16H8BrClFNO/c17-12-7-6-11(15(19)14(12)18)16(21)10-3-1-5-13-9(10)4-2-8-20-13/h1-8H. The van der Waals surface area contributed by atoms with Crippen LogP contribution in [0.3, 0.4) is 0 Å². The molecule has 0 aliphatic carbocycles. The van der Waals surface area contributed by atoms with Crippen molar-refractivity contribution in [2.45, 2.75) is 0 Å². The molecule has 0 saturated carbocycles. The van der Waals surface area contributed by atoms with Gasteiger partial charge in [0, 0.05) is 21.6 Å². The van der Waals surface area contributed by atoms with Crippen LogP contribution in [0, 0.1) is 5.82 Å². The van der Waals surface area contributed by atoms with E-state index < -0.39 is 11.6 Å². The highest BCUT2D eigenvalue weighted by Gasteiger charge is 2.19. The van der Waals surface area contributed by atoms with Crippen molar-refractivity contribution in [3.63, 3.8) is 0 Å². The molecule has 0 aliphatic heterocycles. The molecular weight excluding hydrogens is 357 g/mol. The van der Waals surface area contributed by atoms with Crippen molar-refractivity contribution in [1.82, 2.24) is 4.98 Å². The summed E-state index contributed by atoms with van der Waals surface area (Å²) in [6.07, 6.45) is 1.65. The Kier molecular flexibility index (Phi) is 3.74. The summed E-state index contributed by atoms with van der Waals surface area (Å²) < 4.78 is 14.6. The molecule has 0 bridgehead atoms. The minimum absolute atomic E-state index is 0.0560. The predicted octanol–water partition coefficient (Wildman–Crippen LogP) is 5.02. The molecule has 21 heavy (non-hydrogen) atoms. The van der Waals surface area contributed by atoms with Crippen molar-refractivity contribution >= 4 is 44.2 Å². The van der Waals surface area contributed by atoms with Gasteiger partial charge >= 0.3 is 0 Å². The van der Waals surface area contributed by atoms with Gasteiger partial charge in [0.2, 0.25) is 0 Å². The molecule has 1 heterocycles. The third-order valence-corrected chi connectivity index (χ3v) is 4.43. The number of hydrogen-bond donors (Lipinski definition) is 0. The lowest BCUT2D eigenvalue weighted by Crippen LogP contribution is -2.06. The second-order valence-corrected chi connectivity index (χ2v) is 5.66. The van der Waals surface area contributed by atoms with Crippen LogP contribution in [-0.4, -0.2) is 10.8 Å². The Balaban J connectivity index is 2.20. The number of rotatable bonds is 2. The van der Waals surface area contributed by atoms with Gasteiger partial charge in [0.05, 0.1) is 16.1 Å². The highest BCUT2D eigenvalue weighted by atomic mass is 79.9. The van der Waals surface area contributed by atoms with Crippen molar-refractivity contribution in [1.29, 1.82) is 0 Å². The average molecular weight is 365 g/mol. The Labute approximate surface area is 133 Å². The molecule has 104 valence electrons. The first-order chi connectivity index (χ1) is 10.1. The van der Waals surface area contributed by atoms with Gasteiger partial charge < -0.3 is 0 Å². The highest BCUT2D eigenvalue weighted by Crippen LogP contribution is 2.29. The molecule has 2 aromatic carbocycles. The number of carbonyl (C=O) groups is 1. The summed E-state index contributed by atoms with van der Waals surface area (Å²) in [6, 6.07) is 11.7. The number of carbonyl (C=O) groups excluding carboxylic acids is 1. The Morgan fingerprint density at radius 1 is 1.10 bits per heavy atom. The molecule has 0 atom stereocenters. The van der Waals surface area contributed by atoms with Gasteiger partial charge in [-0.15, -0.1) is 0 Å². The average Bonchev–Trinajstić information content (AvgIpc) is 2.51. The van der Waals surface area contributed by atoms with E-state index in [1.165, 1.54) is 6.07 Å². The number of pyridine rings is 1. The van der Waals surface area contributed by atoms with Crippen LogP contribution in [0.2, 0.25) is 5.02 Å². The fraction of sp³-hybridized carbons (Fsp3) is 0. The number of fused-ring (bicyclic) bond motifs is 1. The highest BCUT2D eigenvalue weighted by molar-refractivity contribution is 9.10. The summed E-state index contributed by atoms with van der Waals surface area (Å²) in [5, 5.41) is 0.586. The van der Waals surface area contributed by atoms with E-state index in [1.54, 1.807) is 42.6 Å². The lowest BCUT2D eigenvalue weighted by atomic mass is 9.99. The number of hydrogen-bond acceptors (Lipinski definition) is 2. The number of aromatic nitrogens is 1. The van der Waals surface area contributed by atoms with Gasteiger partial charge in [-0.3, -0.25) is 9.78 Å². The van der Waals surface area contributed by atoms with Gasteiger partial charge in [0.1, 0.15) is 0 Å². The second kappa shape index (κ2) is 5.54. The van der Waals surface area contributed by atoms with E-state index in [9.17, 15) is 9.18 Å². The van der Waals surface area contributed by atoms with Crippen LogP contribution in [0.5, 0.6) is 0 Å². The zero-order chi connectivity index (χ0) is 15.0. The first-order valence-corrected chi connectivity index (χ1v) is 7.28. The summed E-state index contributed by atoms with van der Waals surface area (Å²) in [5.41, 5.74) is 1.03. The maximum atomic E-state index is 14.2. The molecule has 2 nitrogen and oxygen atoms in total. The lowest BCUT2D eigenvalue weighted by molar-refractivity contribution is 0.103. The van der Waals surface area contributed by atoms with Gasteiger partial charge in [-0.25, -0.2) is 4.39 Å². The van der Waals surface area contributed by atoms with Gasteiger partial charge in [-0.1, -0.05) is 29.8 Å². The number of benzene rings is 2. The minimum atomic E-state index is -0.725. The van der Waals surface area contributed by atoms with E-state index in [2.05, 4.69) is 20.9 Å². The topological polar surface area (TPSA) is 30.0 Å². The summed E-state index contributed by atoms with van der Waals surface area (Å²) in [6.45, 7) is 0. The van der Waals surface area contributed by atoms with Crippen molar-refractivity contribution < 1.29 is 9.18 Å². The van der Waals surface area contributed by atoms with Crippen LogP contribution in [0.25, 0.3) is 10.9 Å². The summed E-state index contributed by atoms with van der Waals surface area (Å²) in [5.74, 6) is -1.14. The largest absolute Gasteiger partial charge is 0.288 e. The van der Waals surface area contributed by atoms with Crippen molar-refractivity contribution in [2.24, 2.45) is 0 Å². The molecule has 1 aromatic heterocycles. The van der Waals surface area contributed by atoms with Gasteiger partial charge in [0.15, 0.2) is 11.6 Å². The van der Waals surface area contributed by atoms with Crippen LogP contribution in [0.1, 0.15) is 15.9 Å². The van der Waals surface area contributed by atoms with Crippen LogP contribution in [0.15, 0.2) is 53.1 Å².